The highest BCUT2D eigenvalue weighted by Crippen LogP contribution is 2.39. The summed E-state index contributed by atoms with van der Waals surface area (Å²) in [7, 11) is -2.14. The number of likely N-dealkylation sites (tertiary alicyclic amines) is 1. The van der Waals surface area contributed by atoms with Crippen LogP contribution >= 0.6 is 0 Å². The first-order chi connectivity index (χ1) is 16.9. The number of ketones is 1. The molecule has 2 aliphatic rings. The van der Waals surface area contributed by atoms with Crippen molar-refractivity contribution in [3.05, 3.63) is 71.3 Å². The highest BCUT2D eigenvalue weighted by Gasteiger charge is 2.45. The van der Waals surface area contributed by atoms with Crippen molar-refractivity contribution >= 4 is 27.5 Å². The molecule has 0 radical (unpaired) electrons. The van der Waals surface area contributed by atoms with E-state index in [2.05, 4.69) is 0 Å². The third-order valence-electron chi connectivity index (χ3n) is 6.14. The summed E-state index contributed by atoms with van der Waals surface area (Å²) >= 11 is 0. The minimum absolute atomic E-state index is 0.0256. The monoisotopic (exact) mass is 500 g/mol. The number of aliphatic hydroxyl groups excluding tert-OH is 1. The number of sulfonamides is 1. The van der Waals surface area contributed by atoms with Gasteiger partial charge in [-0.05, 0) is 36.2 Å². The molecule has 2 heterocycles. The number of nitrogens with zero attached hydrogens (tertiary/aromatic N) is 2. The van der Waals surface area contributed by atoms with E-state index in [9.17, 15) is 23.1 Å². The number of methoxy groups -OCH3 is 1. The Labute approximate surface area is 204 Å². The highest BCUT2D eigenvalue weighted by molar-refractivity contribution is 7.89. The number of carbonyl (C=O) groups excluding carboxylic acids is 2. The fraction of sp³-hybridized carbons (Fsp3) is 0.360. The first kappa shape index (κ1) is 25.1. The van der Waals surface area contributed by atoms with E-state index in [4.69, 9.17) is 9.47 Å². The summed E-state index contributed by atoms with van der Waals surface area (Å²) in [6.45, 7) is 1.92. The van der Waals surface area contributed by atoms with Crippen LogP contribution in [0.5, 0.6) is 0 Å². The van der Waals surface area contributed by atoms with E-state index in [0.717, 1.165) is 0 Å². The molecule has 1 N–H and O–H groups in total. The Hall–Kier alpha value is -3.05. The molecule has 4 rings (SSSR count). The third kappa shape index (κ3) is 5.01. The average molecular weight is 501 g/mol. The molecular weight excluding hydrogens is 472 g/mol. The van der Waals surface area contributed by atoms with Gasteiger partial charge >= 0.3 is 0 Å². The van der Waals surface area contributed by atoms with Gasteiger partial charge in [0.15, 0.2) is 0 Å². The minimum Gasteiger partial charge on any atom is -0.507 e. The third-order valence-corrected chi connectivity index (χ3v) is 8.05. The number of rotatable bonds is 8. The van der Waals surface area contributed by atoms with Gasteiger partial charge in [0.05, 0.1) is 29.7 Å². The normalized spacial score (nSPS) is 20.9. The maximum Gasteiger partial charge on any atom is 0.295 e. The van der Waals surface area contributed by atoms with Gasteiger partial charge in [-0.3, -0.25) is 9.59 Å². The largest absolute Gasteiger partial charge is 0.507 e. The zero-order valence-electron chi connectivity index (χ0n) is 19.4. The molecule has 0 aliphatic carbocycles. The van der Waals surface area contributed by atoms with Gasteiger partial charge in [0.2, 0.25) is 10.0 Å². The van der Waals surface area contributed by atoms with Crippen molar-refractivity contribution in [2.24, 2.45) is 0 Å². The van der Waals surface area contributed by atoms with Crippen molar-refractivity contribution in [3.63, 3.8) is 0 Å². The van der Waals surface area contributed by atoms with Gasteiger partial charge in [0.25, 0.3) is 11.7 Å². The Morgan fingerprint density at radius 1 is 1.06 bits per heavy atom. The summed E-state index contributed by atoms with van der Waals surface area (Å²) in [5, 5.41) is 11.2. The van der Waals surface area contributed by atoms with Crippen LogP contribution in [-0.2, 0) is 29.1 Å². The van der Waals surface area contributed by atoms with Gasteiger partial charge in [-0.15, -0.1) is 0 Å². The second kappa shape index (κ2) is 10.7. The number of carbonyl (C=O) groups is 2. The van der Waals surface area contributed by atoms with Crippen molar-refractivity contribution in [3.8, 4) is 0 Å². The lowest BCUT2D eigenvalue weighted by molar-refractivity contribution is -0.140. The summed E-state index contributed by atoms with van der Waals surface area (Å²) in [4.78, 5) is 27.4. The molecule has 1 atom stereocenters. The smallest absolute Gasteiger partial charge is 0.295 e. The van der Waals surface area contributed by atoms with Crippen molar-refractivity contribution in [1.82, 2.24) is 9.21 Å². The SMILES string of the molecule is COCCCN1C(=O)C(=O)/C(=C(/O)c2ccc(S(=O)(=O)N3CCOCC3)cc2)C1c1ccccc1. The molecule has 186 valence electrons. The van der Waals surface area contributed by atoms with E-state index in [-0.39, 0.29) is 41.4 Å². The van der Waals surface area contributed by atoms with Crippen LogP contribution in [0.1, 0.15) is 23.6 Å². The van der Waals surface area contributed by atoms with Crippen molar-refractivity contribution in [1.29, 1.82) is 0 Å². The van der Waals surface area contributed by atoms with Crippen LogP contribution in [0.4, 0.5) is 0 Å². The van der Waals surface area contributed by atoms with Crippen LogP contribution in [0.25, 0.3) is 5.76 Å². The van der Waals surface area contributed by atoms with E-state index in [1.807, 2.05) is 6.07 Å². The zero-order chi connectivity index (χ0) is 25.0. The molecule has 0 bridgehead atoms. The van der Waals surface area contributed by atoms with Crippen LogP contribution in [0, 0.1) is 0 Å². The summed E-state index contributed by atoms with van der Waals surface area (Å²) < 4.78 is 37.5. The maximum atomic E-state index is 13.0. The standard InChI is InChI=1S/C25H28N2O7S/c1-33-15-5-12-27-22(18-6-3-2-4-7-18)21(24(29)25(27)30)23(28)19-8-10-20(11-9-19)35(31,32)26-13-16-34-17-14-26/h2-4,6-11,22,28H,5,12-17H2,1H3/b23-21+. The lowest BCUT2D eigenvalue weighted by Gasteiger charge is -2.26. The number of amides is 1. The molecule has 1 amide bonds. The molecule has 0 spiro atoms. The number of hydrogen-bond acceptors (Lipinski definition) is 7. The van der Waals surface area contributed by atoms with Crippen molar-refractivity contribution < 1.29 is 32.6 Å². The Bertz CT molecular complexity index is 1200. The molecule has 2 aromatic rings. The number of ether oxygens (including phenoxy) is 2. The van der Waals surface area contributed by atoms with E-state index in [1.165, 1.54) is 33.5 Å². The number of benzene rings is 2. The Morgan fingerprint density at radius 2 is 1.71 bits per heavy atom. The maximum absolute atomic E-state index is 13.0. The van der Waals surface area contributed by atoms with Gasteiger partial charge < -0.3 is 19.5 Å². The van der Waals surface area contributed by atoms with Gasteiger partial charge in [-0.1, -0.05) is 30.3 Å². The summed E-state index contributed by atoms with van der Waals surface area (Å²) in [6, 6.07) is 13.9. The molecular formula is C25H28N2O7S. The van der Waals surface area contributed by atoms with E-state index < -0.39 is 27.8 Å². The zero-order valence-corrected chi connectivity index (χ0v) is 20.2. The predicted molar refractivity (Wildman–Crippen MR) is 128 cm³/mol. The lowest BCUT2D eigenvalue weighted by atomic mass is 9.95. The average Bonchev–Trinajstić information content (AvgIpc) is 3.14. The second-order valence-corrected chi connectivity index (χ2v) is 10.2. The van der Waals surface area contributed by atoms with E-state index in [0.29, 0.717) is 31.8 Å². The van der Waals surface area contributed by atoms with E-state index >= 15 is 0 Å². The Kier molecular flexibility index (Phi) is 7.66. The highest BCUT2D eigenvalue weighted by atomic mass is 32.2. The first-order valence-electron chi connectivity index (χ1n) is 11.4. The number of hydrogen-bond donors (Lipinski definition) is 1. The number of morpholine rings is 1. The quantitative estimate of drug-likeness (QED) is 0.256. The van der Waals surface area contributed by atoms with Gasteiger partial charge in [-0.2, -0.15) is 4.31 Å². The topological polar surface area (TPSA) is 113 Å². The van der Waals surface area contributed by atoms with Crippen molar-refractivity contribution in [2.75, 3.05) is 46.6 Å². The Balaban J connectivity index is 1.70. The van der Waals surface area contributed by atoms with Crippen molar-refractivity contribution in [2.45, 2.75) is 17.4 Å². The van der Waals surface area contributed by atoms with Crippen LogP contribution < -0.4 is 0 Å². The molecule has 35 heavy (non-hydrogen) atoms. The Morgan fingerprint density at radius 3 is 2.34 bits per heavy atom. The molecule has 2 aliphatic heterocycles. The van der Waals surface area contributed by atoms with Crippen LogP contribution in [-0.4, -0.2) is 81.0 Å². The number of aliphatic hydroxyl groups is 1. The molecule has 2 aromatic carbocycles. The van der Waals surface area contributed by atoms with Crippen LogP contribution in [0.15, 0.2) is 65.1 Å². The summed E-state index contributed by atoms with van der Waals surface area (Å²) in [6.07, 6.45) is 0.529. The predicted octanol–water partition coefficient (Wildman–Crippen LogP) is 2.17. The minimum atomic E-state index is -3.70. The van der Waals surface area contributed by atoms with E-state index in [1.54, 1.807) is 31.4 Å². The molecule has 0 aromatic heterocycles. The van der Waals surface area contributed by atoms with Gasteiger partial charge in [-0.25, -0.2) is 8.42 Å². The van der Waals surface area contributed by atoms with Gasteiger partial charge in [0.1, 0.15) is 5.76 Å². The van der Waals surface area contributed by atoms with Crippen LogP contribution in [0.3, 0.4) is 0 Å². The summed E-state index contributed by atoms with van der Waals surface area (Å²) in [5.41, 5.74) is 0.918. The van der Waals surface area contributed by atoms with Gasteiger partial charge in [0, 0.05) is 38.9 Å². The van der Waals surface area contributed by atoms with Crippen LogP contribution in [0.2, 0.25) is 0 Å². The summed E-state index contributed by atoms with van der Waals surface area (Å²) in [5.74, 6) is -1.82. The lowest BCUT2D eigenvalue weighted by Crippen LogP contribution is -2.40. The molecule has 2 saturated heterocycles. The molecule has 1 unspecified atom stereocenters. The molecule has 2 fully saturated rings. The fourth-order valence-corrected chi connectivity index (χ4v) is 5.76. The fourth-order valence-electron chi connectivity index (χ4n) is 4.35. The molecule has 0 saturated carbocycles. The number of Topliss-reactive ketones (excluding diaryl/α,β-unsaturated/α-hetero) is 1. The second-order valence-electron chi connectivity index (χ2n) is 8.29. The first-order valence-corrected chi connectivity index (χ1v) is 12.8. The molecule has 9 nitrogen and oxygen atoms in total. The molecule has 10 heteroatoms.